The van der Waals surface area contributed by atoms with Crippen LogP contribution >= 0.6 is 23.2 Å². The van der Waals surface area contributed by atoms with Crippen molar-refractivity contribution in [3.63, 3.8) is 0 Å². The Labute approximate surface area is 186 Å². The summed E-state index contributed by atoms with van der Waals surface area (Å²) >= 11 is 12.1. The standard InChI is InChI=1S/C23H25Cl2NO4/c1-3-5-19(23(28)29-4-2)26-20(27)14-30-22(16-8-12-18(25)13-9-16)21(26)15-6-10-17(24)11-7-15/h6-13,19,21-22H,3-5,14H2,1-2H3/t19-,21-,22?/m0/s1. The fraction of sp³-hybridized carbons (Fsp3) is 0.391. The predicted molar refractivity (Wildman–Crippen MR) is 117 cm³/mol. The third kappa shape index (κ3) is 4.97. The monoisotopic (exact) mass is 449 g/mol. The highest BCUT2D eigenvalue weighted by Crippen LogP contribution is 2.42. The highest BCUT2D eigenvalue weighted by molar-refractivity contribution is 6.30. The summed E-state index contributed by atoms with van der Waals surface area (Å²) in [5.74, 6) is -0.643. The molecule has 1 fully saturated rings. The van der Waals surface area contributed by atoms with Crippen LogP contribution in [0.1, 0.15) is 50.0 Å². The zero-order valence-corrected chi connectivity index (χ0v) is 18.5. The topological polar surface area (TPSA) is 55.8 Å². The molecule has 0 N–H and O–H groups in total. The maximum Gasteiger partial charge on any atom is 0.328 e. The van der Waals surface area contributed by atoms with Crippen molar-refractivity contribution in [2.24, 2.45) is 0 Å². The maximum absolute atomic E-state index is 13.0. The average Bonchev–Trinajstić information content (AvgIpc) is 2.74. The fourth-order valence-electron chi connectivity index (χ4n) is 3.80. The summed E-state index contributed by atoms with van der Waals surface area (Å²) in [6.07, 6.45) is 0.768. The molecule has 0 aliphatic carbocycles. The van der Waals surface area contributed by atoms with Gasteiger partial charge in [0.1, 0.15) is 18.8 Å². The van der Waals surface area contributed by atoms with E-state index in [-0.39, 0.29) is 19.1 Å². The molecule has 0 bridgehead atoms. The first-order chi connectivity index (χ1) is 14.5. The van der Waals surface area contributed by atoms with E-state index in [2.05, 4.69) is 0 Å². The number of halogens is 2. The number of ether oxygens (including phenoxy) is 2. The number of rotatable bonds is 7. The van der Waals surface area contributed by atoms with Crippen LogP contribution in [0.2, 0.25) is 10.0 Å². The molecule has 0 spiro atoms. The molecule has 30 heavy (non-hydrogen) atoms. The Morgan fingerprint density at radius 3 is 2.17 bits per heavy atom. The van der Waals surface area contributed by atoms with Crippen LogP contribution in [0.5, 0.6) is 0 Å². The van der Waals surface area contributed by atoms with Crippen LogP contribution < -0.4 is 0 Å². The lowest BCUT2D eigenvalue weighted by molar-refractivity contribution is -0.174. The first kappa shape index (κ1) is 22.6. The van der Waals surface area contributed by atoms with Gasteiger partial charge in [0.05, 0.1) is 12.6 Å². The van der Waals surface area contributed by atoms with Gasteiger partial charge in [0.2, 0.25) is 5.91 Å². The van der Waals surface area contributed by atoms with Gasteiger partial charge in [-0.3, -0.25) is 4.79 Å². The number of esters is 1. The zero-order valence-electron chi connectivity index (χ0n) is 17.0. The van der Waals surface area contributed by atoms with E-state index < -0.39 is 24.2 Å². The minimum atomic E-state index is -0.693. The predicted octanol–water partition coefficient (Wildman–Crippen LogP) is 5.37. The van der Waals surface area contributed by atoms with Crippen molar-refractivity contribution in [1.29, 1.82) is 0 Å². The van der Waals surface area contributed by atoms with Gasteiger partial charge in [-0.25, -0.2) is 4.79 Å². The molecule has 5 nitrogen and oxygen atoms in total. The highest BCUT2D eigenvalue weighted by Gasteiger charge is 2.44. The third-order valence-electron chi connectivity index (χ3n) is 5.13. The molecular formula is C23H25Cl2NO4. The highest BCUT2D eigenvalue weighted by atomic mass is 35.5. The smallest absolute Gasteiger partial charge is 0.328 e. The van der Waals surface area contributed by atoms with Crippen molar-refractivity contribution in [1.82, 2.24) is 4.90 Å². The number of benzene rings is 2. The molecule has 7 heteroatoms. The number of amides is 1. The molecule has 1 saturated heterocycles. The molecule has 2 aromatic rings. The Hall–Kier alpha value is -2.08. The van der Waals surface area contributed by atoms with Crippen LogP contribution in [-0.4, -0.2) is 36.0 Å². The molecule has 160 valence electrons. The van der Waals surface area contributed by atoms with Crippen LogP contribution in [0, 0.1) is 0 Å². The van der Waals surface area contributed by atoms with Crippen molar-refractivity contribution >= 4 is 35.1 Å². The van der Waals surface area contributed by atoms with Gasteiger partial charge < -0.3 is 14.4 Å². The lowest BCUT2D eigenvalue weighted by atomic mass is 9.90. The van der Waals surface area contributed by atoms with Crippen LogP contribution in [0.25, 0.3) is 0 Å². The lowest BCUT2D eigenvalue weighted by Gasteiger charge is -2.44. The van der Waals surface area contributed by atoms with Gasteiger partial charge in [0.25, 0.3) is 0 Å². The Morgan fingerprint density at radius 1 is 1.07 bits per heavy atom. The number of hydrogen-bond donors (Lipinski definition) is 0. The molecule has 1 unspecified atom stereocenters. The summed E-state index contributed by atoms with van der Waals surface area (Å²) in [5.41, 5.74) is 1.70. The Kier molecular flexibility index (Phi) is 7.75. The van der Waals surface area contributed by atoms with Crippen molar-refractivity contribution in [2.75, 3.05) is 13.2 Å². The molecule has 3 atom stereocenters. The molecule has 2 aromatic carbocycles. The van der Waals surface area contributed by atoms with Gasteiger partial charge >= 0.3 is 5.97 Å². The summed E-state index contributed by atoms with van der Waals surface area (Å²) < 4.78 is 11.3. The van der Waals surface area contributed by atoms with Gasteiger partial charge in [-0.15, -0.1) is 0 Å². The molecule has 0 saturated carbocycles. The van der Waals surface area contributed by atoms with E-state index in [0.29, 0.717) is 16.5 Å². The maximum atomic E-state index is 13.0. The van der Waals surface area contributed by atoms with Gasteiger partial charge in [0, 0.05) is 10.0 Å². The molecule has 1 heterocycles. The molecule has 0 radical (unpaired) electrons. The normalized spacial score (nSPS) is 20.1. The third-order valence-corrected chi connectivity index (χ3v) is 5.63. The second-order valence-electron chi connectivity index (χ2n) is 7.14. The van der Waals surface area contributed by atoms with Crippen molar-refractivity contribution in [2.45, 2.75) is 44.9 Å². The molecule has 1 aliphatic heterocycles. The van der Waals surface area contributed by atoms with Crippen LogP contribution in [0.15, 0.2) is 48.5 Å². The first-order valence-corrected chi connectivity index (χ1v) is 10.8. The molecule has 1 amide bonds. The average molecular weight is 450 g/mol. The molecule has 1 aliphatic rings. The number of carbonyl (C=O) groups is 2. The number of nitrogens with zero attached hydrogens (tertiary/aromatic N) is 1. The summed E-state index contributed by atoms with van der Waals surface area (Å²) in [6, 6.07) is 13.4. The van der Waals surface area contributed by atoms with Gasteiger partial charge in [0.15, 0.2) is 0 Å². The zero-order chi connectivity index (χ0) is 21.7. The largest absolute Gasteiger partial charge is 0.464 e. The van der Waals surface area contributed by atoms with E-state index in [1.54, 1.807) is 36.1 Å². The van der Waals surface area contributed by atoms with Gasteiger partial charge in [-0.2, -0.15) is 0 Å². The number of hydrogen-bond acceptors (Lipinski definition) is 4. The van der Waals surface area contributed by atoms with Crippen molar-refractivity contribution < 1.29 is 19.1 Å². The quantitative estimate of drug-likeness (QED) is 0.533. The van der Waals surface area contributed by atoms with Crippen molar-refractivity contribution in [3.8, 4) is 0 Å². The molecule has 0 aromatic heterocycles. The van der Waals surface area contributed by atoms with E-state index in [9.17, 15) is 9.59 Å². The first-order valence-electron chi connectivity index (χ1n) is 10.1. The lowest BCUT2D eigenvalue weighted by Crippen LogP contribution is -2.53. The van der Waals surface area contributed by atoms with Crippen molar-refractivity contribution in [3.05, 3.63) is 69.7 Å². The summed E-state index contributed by atoms with van der Waals surface area (Å²) in [7, 11) is 0. The number of carbonyl (C=O) groups excluding carboxylic acids is 2. The van der Waals surface area contributed by atoms with E-state index >= 15 is 0 Å². The van der Waals surface area contributed by atoms with Gasteiger partial charge in [-0.05, 0) is 48.7 Å². The minimum absolute atomic E-state index is 0.114. The Morgan fingerprint density at radius 2 is 1.63 bits per heavy atom. The molecular weight excluding hydrogens is 425 g/mol. The minimum Gasteiger partial charge on any atom is -0.464 e. The van der Waals surface area contributed by atoms with E-state index in [1.165, 1.54) is 0 Å². The summed E-state index contributed by atoms with van der Waals surface area (Å²) in [5, 5.41) is 1.20. The fourth-order valence-corrected chi connectivity index (χ4v) is 4.06. The van der Waals surface area contributed by atoms with Crippen LogP contribution in [0.4, 0.5) is 0 Å². The summed E-state index contributed by atoms with van der Waals surface area (Å²) in [4.78, 5) is 27.5. The second-order valence-corrected chi connectivity index (χ2v) is 8.01. The Balaban J connectivity index is 2.10. The SMILES string of the molecule is CCC[C@@H](C(=O)OCC)N1C(=O)COC(c2ccc(Cl)cc2)[C@@H]1c1ccc(Cl)cc1. The second kappa shape index (κ2) is 10.3. The van der Waals surface area contributed by atoms with E-state index in [4.69, 9.17) is 32.7 Å². The van der Waals surface area contributed by atoms with Crippen LogP contribution in [0.3, 0.4) is 0 Å². The van der Waals surface area contributed by atoms with Crippen LogP contribution in [-0.2, 0) is 19.1 Å². The van der Waals surface area contributed by atoms with E-state index in [0.717, 1.165) is 17.5 Å². The van der Waals surface area contributed by atoms with E-state index in [1.807, 2.05) is 31.2 Å². The number of morpholine rings is 1. The van der Waals surface area contributed by atoms with Gasteiger partial charge in [-0.1, -0.05) is 60.8 Å². The molecule has 3 rings (SSSR count). The summed E-state index contributed by atoms with van der Waals surface area (Å²) in [6.45, 7) is 3.88. The Bertz CT molecular complexity index is 870.